The molecular weight excluding hydrogens is 343 g/mol. The molecule has 1 amide bonds. The topological polar surface area (TPSA) is 81.9 Å². The molecule has 1 fully saturated rings. The Bertz CT molecular complexity index is 674. The molecule has 0 saturated heterocycles. The Hall–Kier alpha value is -2.38. The van der Waals surface area contributed by atoms with Gasteiger partial charge in [0.15, 0.2) is 5.75 Å². The van der Waals surface area contributed by atoms with E-state index < -0.39 is 28.5 Å². The van der Waals surface area contributed by atoms with E-state index in [1.165, 1.54) is 4.90 Å². The highest BCUT2D eigenvalue weighted by Gasteiger charge is 2.35. The van der Waals surface area contributed by atoms with Gasteiger partial charge in [0, 0.05) is 19.2 Å². The van der Waals surface area contributed by atoms with Gasteiger partial charge in [-0.1, -0.05) is 6.42 Å². The van der Waals surface area contributed by atoms with E-state index in [4.69, 9.17) is 9.47 Å². The van der Waals surface area contributed by atoms with Crippen LogP contribution in [-0.4, -0.2) is 40.7 Å². The van der Waals surface area contributed by atoms with Crippen LogP contribution < -0.4 is 4.74 Å². The minimum absolute atomic E-state index is 0.121. The molecule has 1 aromatic carbocycles. The van der Waals surface area contributed by atoms with Gasteiger partial charge < -0.3 is 14.4 Å². The molecule has 0 spiro atoms. The second-order valence-corrected chi connectivity index (χ2v) is 7.47. The predicted octanol–water partition coefficient (Wildman–Crippen LogP) is 4.29. The number of hydrogen-bond donors (Lipinski definition) is 0. The third-order valence-electron chi connectivity index (χ3n) is 4.24. The van der Waals surface area contributed by atoms with Gasteiger partial charge in [0.1, 0.15) is 17.5 Å². The van der Waals surface area contributed by atoms with Crippen LogP contribution in [0.5, 0.6) is 5.75 Å². The van der Waals surface area contributed by atoms with E-state index in [-0.39, 0.29) is 17.5 Å². The molecule has 1 aliphatic carbocycles. The van der Waals surface area contributed by atoms with Crippen LogP contribution in [0.15, 0.2) is 18.2 Å². The zero-order valence-corrected chi connectivity index (χ0v) is 15.5. The molecular formula is C18H25FN2O5. The summed E-state index contributed by atoms with van der Waals surface area (Å²) in [7, 11) is 1.63. The second-order valence-electron chi connectivity index (χ2n) is 7.47. The van der Waals surface area contributed by atoms with E-state index in [0.717, 1.165) is 31.0 Å². The van der Waals surface area contributed by atoms with Crippen molar-refractivity contribution in [2.24, 2.45) is 0 Å². The van der Waals surface area contributed by atoms with E-state index in [1.807, 2.05) is 0 Å². The van der Waals surface area contributed by atoms with E-state index in [2.05, 4.69) is 0 Å². The molecule has 2 rings (SSSR count). The largest absolute Gasteiger partial charge is 0.481 e. The lowest BCUT2D eigenvalue weighted by Gasteiger charge is -2.38. The molecule has 1 saturated carbocycles. The maximum Gasteiger partial charge on any atom is 0.410 e. The van der Waals surface area contributed by atoms with Crippen LogP contribution in [-0.2, 0) is 4.74 Å². The third kappa shape index (κ3) is 5.06. The van der Waals surface area contributed by atoms with Crippen LogP contribution in [0.4, 0.5) is 14.9 Å². The fraction of sp³-hybridized carbons (Fsp3) is 0.611. The van der Waals surface area contributed by atoms with Crippen molar-refractivity contribution < 1.29 is 23.6 Å². The summed E-state index contributed by atoms with van der Waals surface area (Å²) in [6.45, 7) is 5.34. The highest BCUT2D eigenvalue weighted by atomic mass is 19.1. The second kappa shape index (κ2) is 7.88. The molecule has 1 aliphatic rings. The first-order valence-electron chi connectivity index (χ1n) is 8.65. The molecule has 0 radical (unpaired) electrons. The van der Waals surface area contributed by atoms with E-state index in [1.54, 1.807) is 27.8 Å². The van der Waals surface area contributed by atoms with Crippen LogP contribution in [0.3, 0.4) is 0 Å². The number of nitro benzene ring substituents is 1. The number of ether oxygens (including phenoxy) is 2. The van der Waals surface area contributed by atoms with Crippen LogP contribution >= 0.6 is 0 Å². The summed E-state index contributed by atoms with van der Waals surface area (Å²) in [6, 6.07) is 2.81. The van der Waals surface area contributed by atoms with Gasteiger partial charge in [0.25, 0.3) is 0 Å². The van der Waals surface area contributed by atoms with Gasteiger partial charge in [-0.25, -0.2) is 9.18 Å². The fourth-order valence-electron chi connectivity index (χ4n) is 3.02. The predicted molar refractivity (Wildman–Crippen MR) is 93.7 cm³/mol. The van der Waals surface area contributed by atoms with Gasteiger partial charge in [0.2, 0.25) is 0 Å². The summed E-state index contributed by atoms with van der Waals surface area (Å²) >= 11 is 0. The Labute approximate surface area is 152 Å². The summed E-state index contributed by atoms with van der Waals surface area (Å²) in [5, 5.41) is 11.2. The zero-order valence-electron chi connectivity index (χ0n) is 15.5. The van der Waals surface area contributed by atoms with Gasteiger partial charge in [-0.2, -0.15) is 0 Å². The van der Waals surface area contributed by atoms with Crippen LogP contribution in [0, 0.1) is 15.9 Å². The Morgan fingerprint density at radius 1 is 1.31 bits per heavy atom. The molecule has 0 bridgehead atoms. The fourth-order valence-corrected chi connectivity index (χ4v) is 3.02. The van der Waals surface area contributed by atoms with Crippen LogP contribution in [0.2, 0.25) is 0 Å². The number of rotatable bonds is 4. The zero-order chi connectivity index (χ0) is 19.5. The average molecular weight is 368 g/mol. The molecule has 1 aromatic rings. The minimum Gasteiger partial charge on any atom is -0.481 e. The minimum atomic E-state index is -0.627. The molecule has 144 valence electrons. The van der Waals surface area contributed by atoms with Gasteiger partial charge in [-0.15, -0.1) is 0 Å². The smallest absolute Gasteiger partial charge is 0.410 e. The molecule has 7 nitrogen and oxygen atoms in total. The van der Waals surface area contributed by atoms with Crippen LogP contribution in [0.1, 0.15) is 46.5 Å². The van der Waals surface area contributed by atoms with Gasteiger partial charge in [-0.3, -0.25) is 10.1 Å². The maximum absolute atomic E-state index is 13.5. The number of benzene rings is 1. The summed E-state index contributed by atoms with van der Waals surface area (Å²) in [5.74, 6) is -0.733. The molecule has 26 heavy (non-hydrogen) atoms. The molecule has 8 heteroatoms. The van der Waals surface area contributed by atoms with E-state index in [9.17, 15) is 19.3 Å². The number of nitro groups is 1. The van der Waals surface area contributed by atoms with Crippen molar-refractivity contribution in [2.75, 3.05) is 7.05 Å². The molecule has 2 atom stereocenters. The highest BCUT2D eigenvalue weighted by Crippen LogP contribution is 2.33. The number of hydrogen-bond acceptors (Lipinski definition) is 5. The lowest BCUT2D eigenvalue weighted by Crippen LogP contribution is -2.50. The van der Waals surface area contributed by atoms with E-state index >= 15 is 0 Å². The molecule has 0 unspecified atom stereocenters. The lowest BCUT2D eigenvalue weighted by molar-refractivity contribution is -0.386. The normalized spacial score (nSPS) is 20.3. The Kier molecular flexibility index (Phi) is 6.05. The van der Waals surface area contributed by atoms with Gasteiger partial charge in [0.05, 0.1) is 11.0 Å². The van der Waals surface area contributed by atoms with Crippen molar-refractivity contribution in [1.29, 1.82) is 0 Å². The molecule has 0 heterocycles. The number of amides is 1. The molecule has 0 N–H and O–H groups in total. The first kappa shape index (κ1) is 19.9. The van der Waals surface area contributed by atoms with Crippen molar-refractivity contribution in [3.8, 4) is 5.75 Å². The summed E-state index contributed by atoms with van der Waals surface area (Å²) in [4.78, 5) is 24.4. The van der Waals surface area contributed by atoms with Gasteiger partial charge in [-0.05, 0) is 46.1 Å². The Balaban J connectivity index is 2.20. The first-order chi connectivity index (χ1) is 12.1. The number of halogens is 1. The average Bonchev–Trinajstić information content (AvgIpc) is 2.53. The Morgan fingerprint density at radius 3 is 2.58 bits per heavy atom. The quantitative estimate of drug-likeness (QED) is 0.585. The summed E-state index contributed by atoms with van der Waals surface area (Å²) < 4.78 is 24.8. The summed E-state index contributed by atoms with van der Waals surface area (Å²) in [6.07, 6.45) is 2.12. The number of likely N-dealkylation sites (N-methyl/N-ethyl adjacent to an activating group) is 1. The summed E-state index contributed by atoms with van der Waals surface area (Å²) in [5.41, 5.74) is -0.923. The maximum atomic E-state index is 13.5. The van der Waals surface area contributed by atoms with Crippen LogP contribution in [0.25, 0.3) is 0 Å². The third-order valence-corrected chi connectivity index (χ3v) is 4.24. The van der Waals surface area contributed by atoms with Crippen molar-refractivity contribution >= 4 is 11.8 Å². The number of carbonyl (C=O) groups is 1. The van der Waals surface area contributed by atoms with Crippen molar-refractivity contribution in [2.45, 2.75) is 64.2 Å². The van der Waals surface area contributed by atoms with E-state index in [0.29, 0.717) is 12.8 Å². The van der Waals surface area contributed by atoms with Crippen molar-refractivity contribution in [3.63, 3.8) is 0 Å². The van der Waals surface area contributed by atoms with Crippen molar-refractivity contribution in [3.05, 3.63) is 34.1 Å². The highest BCUT2D eigenvalue weighted by molar-refractivity contribution is 5.68. The number of carbonyl (C=O) groups excluding carboxylic acids is 1. The van der Waals surface area contributed by atoms with Crippen molar-refractivity contribution in [1.82, 2.24) is 4.90 Å². The lowest BCUT2D eigenvalue weighted by atomic mass is 9.91. The Morgan fingerprint density at radius 2 is 1.96 bits per heavy atom. The molecule has 0 aromatic heterocycles. The monoisotopic (exact) mass is 368 g/mol. The SMILES string of the molecule is CN(C(=O)OC(C)(C)C)[C@@H]1CCCC[C@H]1Oc1cc(F)ccc1[N+](=O)[O-]. The standard InChI is InChI=1S/C18H25FN2O5/c1-18(2,3)26-17(22)20(4)13-7-5-6-8-15(13)25-16-11-12(19)9-10-14(16)21(23)24/h9-11,13,15H,5-8H2,1-4H3/t13-,15-/m1/s1. The molecule has 0 aliphatic heterocycles. The number of nitrogens with zero attached hydrogens (tertiary/aromatic N) is 2. The first-order valence-corrected chi connectivity index (χ1v) is 8.65. The van der Waals surface area contributed by atoms with Gasteiger partial charge >= 0.3 is 11.8 Å².